The van der Waals surface area contributed by atoms with E-state index in [9.17, 15) is 9.59 Å². The fraction of sp³-hybridized carbons (Fsp3) is 0.389. The number of aromatic nitrogens is 1. The van der Waals surface area contributed by atoms with Gasteiger partial charge in [0, 0.05) is 44.2 Å². The van der Waals surface area contributed by atoms with E-state index in [4.69, 9.17) is 0 Å². The Kier molecular flexibility index (Phi) is 5.25. The molecule has 126 valence electrons. The molecule has 1 aliphatic heterocycles. The third-order valence-corrected chi connectivity index (χ3v) is 4.24. The number of hydrogen-bond acceptors (Lipinski definition) is 3. The smallest absolute Gasteiger partial charge is 0.315 e. The van der Waals surface area contributed by atoms with Crippen LogP contribution < -0.4 is 10.6 Å². The van der Waals surface area contributed by atoms with Crippen LogP contribution in [-0.2, 0) is 11.3 Å². The summed E-state index contributed by atoms with van der Waals surface area (Å²) in [5.74, 6) is 0.117. The second-order valence-electron chi connectivity index (χ2n) is 5.94. The molecule has 0 spiro atoms. The Balaban J connectivity index is 1.44. The number of benzene rings is 1. The van der Waals surface area contributed by atoms with Gasteiger partial charge in [-0.1, -0.05) is 24.3 Å². The lowest BCUT2D eigenvalue weighted by Crippen LogP contribution is -2.38. The van der Waals surface area contributed by atoms with E-state index in [1.807, 2.05) is 35.2 Å². The molecule has 0 atom stereocenters. The minimum absolute atomic E-state index is 0.117. The number of carbonyl (C=O) groups excluding carboxylic acids is 2. The van der Waals surface area contributed by atoms with Crippen LogP contribution in [-0.4, -0.2) is 41.5 Å². The summed E-state index contributed by atoms with van der Waals surface area (Å²) in [5.41, 5.74) is 1.86. The number of urea groups is 1. The van der Waals surface area contributed by atoms with Crippen LogP contribution in [0.25, 0.3) is 10.9 Å². The minimum atomic E-state index is -0.267. The first-order valence-corrected chi connectivity index (χ1v) is 8.36. The molecule has 6 heteroatoms. The minimum Gasteiger partial charge on any atom is -0.343 e. The number of carbonyl (C=O) groups is 2. The van der Waals surface area contributed by atoms with Crippen LogP contribution in [0.3, 0.4) is 0 Å². The molecule has 6 nitrogen and oxygen atoms in total. The van der Waals surface area contributed by atoms with Crippen LogP contribution >= 0.6 is 0 Å². The van der Waals surface area contributed by atoms with Crippen molar-refractivity contribution >= 4 is 22.8 Å². The van der Waals surface area contributed by atoms with E-state index < -0.39 is 0 Å². The second-order valence-corrected chi connectivity index (χ2v) is 5.94. The summed E-state index contributed by atoms with van der Waals surface area (Å²) >= 11 is 0. The predicted octanol–water partition coefficient (Wildman–Crippen LogP) is 2.05. The zero-order valence-corrected chi connectivity index (χ0v) is 13.6. The third-order valence-electron chi connectivity index (χ3n) is 4.24. The van der Waals surface area contributed by atoms with Gasteiger partial charge >= 0.3 is 6.03 Å². The van der Waals surface area contributed by atoms with Crippen LogP contribution in [0.4, 0.5) is 4.79 Å². The van der Waals surface area contributed by atoms with Crippen molar-refractivity contribution in [2.24, 2.45) is 0 Å². The van der Waals surface area contributed by atoms with Crippen LogP contribution in [0.5, 0.6) is 0 Å². The molecule has 1 saturated heterocycles. The van der Waals surface area contributed by atoms with Gasteiger partial charge in [0.2, 0.25) is 5.91 Å². The average Bonchev–Trinajstić information content (AvgIpc) is 3.14. The molecule has 24 heavy (non-hydrogen) atoms. The van der Waals surface area contributed by atoms with Gasteiger partial charge in [-0.25, -0.2) is 4.79 Å². The first kappa shape index (κ1) is 16.2. The highest BCUT2D eigenvalue weighted by molar-refractivity contribution is 5.82. The highest BCUT2D eigenvalue weighted by atomic mass is 16.2. The molecule has 3 amide bonds. The summed E-state index contributed by atoms with van der Waals surface area (Å²) < 4.78 is 0. The fourth-order valence-electron chi connectivity index (χ4n) is 2.96. The maximum absolute atomic E-state index is 11.9. The van der Waals surface area contributed by atoms with Gasteiger partial charge in [0.15, 0.2) is 0 Å². The molecule has 1 aromatic heterocycles. The van der Waals surface area contributed by atoms with Crippen molar-refractivity contribution in [2.45, 2.75) is 25.8 Å². The Morgan fingerprint density at radius 1 is 1.08 bits per heavy atom. The molecular weight excluding hydrogens is 304 g/mol. The van der Waals surface area contributed by atoms with Crippen molar-refractivity contribution in [3.8, 4) is 0 Å². The van der Waals surface area contributed by atoms with E-state index >= 15 is 0 Å². The lowest BCUT2D eigenvalue weighted by molar-refractivity contribution is -0.129. The lowest BCUT2D eigenvalue weighted by atomic mass is 10.1. The SMILES string of the molecule is O=C(NCCC(=O)N1CCCC1)NCc1cccc2cccnc12. The number of para-hydroxylation sites is 1. The number of amides is 3. The van der Waals surface area contributed by atoms with Crippen molar-refractivity contribution in [3.63, 3.8) is 0 Å². The Morgan fingerprint density at radius 3 is 2.71 bits per heavy atom. The van der Waals surface area contributed by atoms with E-state index in [1.54, 1.807) is 6.20 Å². The summed E-state index contributed by atoms with van der Waals surface area (Å²) in [4.78, 5) is 30.0. The van der Waals surface area contributed by atoms with Crippen molar-refractivity contribution in [2.75, 3.05) is 19.6 Å². The standard InChI is InChI=1S/C18H22N4O2/c23-16(22-11-1-2-12-22)8-10-20-18(24)21-13-15-6-3-5-14-7-4-9-19-17(14)15/h3-7,9H,1-2,8,10-13H2,(H2,20,21,24). The zero-order valence-electron chi connectivity index (χ0n) is 13.6. The molecule has 2 N–H and O–H groups in total. The number of nitrogens with one attached hydrogen (secondary N) is 2. The van der Waals surface area contributed by atoms with Gasteiger partial charge in [-0.3, -0.25) is 9.78 Å². The third kappa shape index (κ3) is 4.01. The van der Waals surface area contributed by atoms with Gasteiger partial charge in [0.1, 0.15) is 0 Å². The topological polar surface area (TPSA) is 74.3 Å². The van der Waals surface area contributed by atoms with Crippen LogP contribution in [0.1, 0.15) is 24.8 Å². The normalized spacial score (nSPS) is 13.9. The molecule has 1 aromatic carbocycles. The molecule has 0 unspecified atom stereocenters. The van der Waals surface area contributed by atoms with Crippen molar-refractivity contribution < 1.29 is 9.59 Å². The lowest BCUT2D eigenvalue weighted by Gasteiger charge is -2.15. The van der Waals surface area contributed by atoms with Crippen LogP contribution in [0.2, 0.25) is 0 Å². The zero-order chi connectivity index (χ0) is 16.8. The van der Waals surface area contributed by atoms with E-state index in [0.717, 1.165) is 42.4 Å². The molecule has 2 heterocycles. The van der Waals surface area contributed by atoms with E-state index in [-0.39, 0.29) is 11.9 Å². The maximum atomic E-state index is 11.9. The number of nitrogens with zero attached hydrogens (tertiary/aromatic N) is 2. The van der Waals surface area contributed by atoms with E-state index in [1.165, 1.54) is 0 Å². The Labute approximate surface area is 141 Å². The van der Waals surface area contributed by atoms with E-state index in [0.29, 0.717) is 19.5 Å². The van der Waals surface area contributed by atoms with Gasteiger partial charge in [-0.2, -0.15) is 0 Å². The molecule has 0 aliphatic carbocycles. The first-order chi connectivity index (χ1) is 11.7. The van der Waals surface area contributed by atoms with Gasteiger partial charge < -0.3 is 15.5 Å². The van der Waals surface area contributed by atoms with Crippen LogP contribution in [0.15, 0.2) is 36.5 Å². The summed E-state index contributed by atoms with van der Waals surface area (Å²) in [7, 11) is 0. The van der Waals surface area contributed by atoms with Gasteiger partial charge in [-0.15, -0.1) is 0 Å². The van der Waals surface area contributed by atoms with Gasteiger partial charge in [-0.05, 0) is 24.5 Å². The molecule has 0 bridgehead atoms. The van der Waals surface area contributed by atoms with Crippen molar-refractivity contribution in [1.82, 2.24) is 20.5 Å². The van der Waals surface area contributed by atoms with Gasteiger partial charge in [0.25, 0.3) is 0 Å². The van der Waals surface area contributed by atoms with E-state index in [2.05, 4.69) is 15.6 Å². The van der Waals surface area contributed by atoms with Gasteiger partial charge in [0.05, 0.1) is 5.52 Å². The first-order valence-electron chi connectivity index (χ1n) is 8.36. The molecule has 0 radical (unpaired) electrons. The number of rotatable bonds is 5. The van der Waals surface area contributed by atoms with Crippen LogP contribution in [0, 0.1) is 0 Å². The second kappa shape index (κ2) is 7.77. The number of hydrogen-bond donors (Lipinski definition) is 2. The maximum Gasteiger partial charge on any atom is 0.315 e. The summed E-state index contributed by atoms with van der Waals surface area (Å²) in [6, 6.07) is 9.52. The number of pyridine rings is 1. The quantitative estimate of drug-likeness (QED) is 0.883. The Hall–Kier alpha value is -2.63. The molecular formula is C18H22N4O2. The molecule has 2 aromatic rings. The predicted molar refractivity (Wildman–Crippen MR) is 92.4 cm³/mol. The Morgan fingerprint density at radius 2 is 1.88 bits per heavy atom. The number of fused-ring (bicyclic) bond motifs is 1. The Bertz CT molecular complexity index is 721. The molecule has 0 saturated carbocycles. The fourth-order valence-corrected chi connectivity index (χ4v) is 2.96. The molecule has 1 aliphatic rings. The molecule has 3 rings (SSSR count). The largest absolute Gasteiger partial charge is 0.343 e. The summed E-state index contributed by atoms with van der Waals surface area (Å²) in [6.07, 6.45) is 4.26. The highest BCUT2D eigenvalue weighted by Crippen LogP contribution is 2.15. The summed E-state index contributed by atoms with van der Waals surface area (Å²) in [5, 5.41) is 6.61. The van der Waals surface area contributed by atoms with Crippen molar-refractivity contribution in [3.05, 3.63) is 42.1 Å². The summed E-state index contributed by atoms with van der Waals surface area (Å²) in [6.45, 7) is 2.45. The van der Waals surface area contributed by atoms with Crippen molar-refractivity contribution in [1.29, 1.82) is 0 Å². The number of likely N-dealkylation sites (tertiary alicyclic amines) is 1. The average molecular weight is 326 g/mol. The highest BCUT2D eigenvalue weighted by Gasteiger charge is 2.17. The molecule has 1 fully saturated rings. The monoisotopic (exact) mass is 326 g/mol.